The molecule has 4 nitrogen and oxygen atoms in total. The average Bonchev–Trinajstić information content (AvgIpc) is 3.16. The minimum absolute atomic E-state index is 0. The van der Waals surface area contributed by atoms with Crippen LogP contribution in [0.25, 0.3) is 0 Å². The Morgan fingerprint density at radius 2 is 2.13 bits per heavy atom. The minimum Gasteiger partial charge on any atom is -0.316 e. The summed E-state index contributed by atoms with van der Waals surface area (Å²) in [4.78, 5) is 17.0. The normalized spacial score (nSPS) is 27.7. The summed E-state index contributed by atoms with van der Waals surface area (Å²) in [5.41, 5.74) is 1.36. The van der Waals surface area contributed by atoms with Crippen LogP contribution in [0.15, 0.2) is 30.3 Å². The Bertz CT molecular complexity index is 516. The number of halogens is 1. The second kappa shape index (κ2) is 7.65. The number of rotatable bonds is 4. The number of amides is 1. The summed E-state index contributed by atoms with van der Waals surface area (Å²) in [6, 6.07) is 9.93. The van der Waals surface area contributed by atoms with E-state index in [1.807, 2.05) is 42.3 Å². The van der Waals surface area contributed by atoms with Crippen LogP contribution in [0, 0.1) is 11.3 Å². The molecule has 23 heavy (non-hydrogen) atoms. The molecule has 0 spiro atoms. The van der Waals surface area contributed by atoms with Gasteiger partial charge < -0.3 is 15.1 Å². The molecule has 0 aromatic heterocycles. The van der Waals surface area contributed by atoms with E-state index in [0.717, 1.165) is 44.8 Å². The molecule has 5 heteroatoms. The molecule has 3 rings (SSSR count). The zero-order chi connectivity index (χ0) is 15.6. The van der Waals surface area contributed by atoms with Crippen molar-refractivity contribution in [3.8, 4) is 0 Å². The zero-order valence-corrected chi connectivity index (χ0v) is 14.9. The van der Waals surface area contributed by atoms with Crippen LogP contribution in [0.1, 0.15) is 19.8 Å². The standard InChI is InChI=1S/C18H27N3O.ClH/c1-18(9-10-19-13-18)14-21-11-8-15(12-21)17(22)20(2)16-6-4-3-5-7-16;/h3-7,15,19H,8-14H2,1-2H3;1H. The molecule has 1 amide bonds. The Balaban J connectivity index is 0.00000192. The maximum atomic E-state index is 12.7. The molecule has 2 saturated heterocycles. The second-order valence-corrected chi connectivity index (χ2v) is 7.19. The highest BCUT2D eigenvalue weighted by atomic mass is 35.5. The Hall–Kier alpha value is -1.10. The topological polar surface area (TPSA) is 35.6 Å². The molecule has 1 N–H and O–H groups in total. The van der Waals surface area contributed by atoms with Crippen molar-refractivity contribution in [2.45, 2.75) is 19.8 Å². The third-order valence-corrected chi connectivity index (χ3v) is 5.16. The molecule has 1 aromatic rings. The summed E-state index contributed by atoms with van der Waals surface area (Å²) in [6.45, 7) is 7.66. The van der Waals surface area contributed by atoms with Crippen LogP contribution in [-0.2, 0) is 4.79 Å². The second-order valence-electron chi connectivity index (χ2n) is 7.19. The van der Waals surface area contributed by atoms with Gasteiger partial charge in [0.2, 0.25) is 5.91 Å². The van der Waals surface area contributed by atoms with E-state index in [0.29, 0.717) is 5.41 Å². The van der Waals surface area contributed by atoms with Crippen LogP contribution < -0.4 is 10.2 Å². The molecule has 2 aliphatic heterocycles. The number of nitrogens with zero attached hydrogens (tertiary/aromatic N) is 2. The van der Waals surface area contributed by atoms with E-state index in [4.69, 9.17) is 0 Å². The molecule has 2 aliphatic rings. The monoisotopic (exact) mass is 337 g/mol. The van der Waals surface area contributed by atoms with E-state index in [-0.39, 0.29) is 24.2 Å². The minimum atomic E-state index is 0. The van der Waals surface area contributed by atoms with Gasteiger partial charge in [-0.25, -0.2) is 0 Å². The number of carbonyl (C=O) groups is 1. The first-order valence-electron chi connectivity index (χ1n) is 8.33. The third kappa shape index (κ3) is 4.25. The maximum absolute atomic E-state index is 12.7. The molecular formula is C18H28ClN3O. The number of nitrogens with one attached hydrogen (secondary N) is 1. The number of para-hydroxylation sites is 1. The molecule has 2 unspecified atom stereocenters. The highest BCUT2D eigenvalue weighted by Gasteiger charge is 2.36. The van der Waals surface area contributed by atoms with Gasteiger partial charge in [0.15, 0.2) is 0 Å². The highest BCUT2D eigenvalue weighted by Crippen LogP contribution is 2.29. The molecule has 2 fully saturated rings. The lowest BCUT2D eigenvalue weighted by Gasteiger charge is -2.29. The number of anilines is 1. The Morgan fingerprint density at radius 1 is 1.39 bits per heavy atom. The first-order valence-corrected chi connectivity index (χ1v) is 8.33. The number of hydrogen-bond donors (Lipinski definition) is 1. The SMILES string of the molecule is CN(C(=O)C1CCN(CC2(C)CCNC2)C1)c1ccccc1.Cl. The quantitative estimate of drug-likeness (QED) is 0.916. The van der Waals surface area contributed by atoms with Crippen molar-refractivity contribution < 1.29 is 4.79 Å². The first-order chi connectivity index (χ1) is 10.6. The summed E-state index contributed by atoms with van der Waals surface area (Å²) >= 11 is 0. The van der Waals surface area contributed by atoms with Crippen molar-refractivity contribution in [2.75, 3.05) is 44.7 Å². The van der Waals surface area contributed by atoms with E-state index >= 15 is 0 Å². The molecule has 0 radical (unpaired) electrons. The van der Waals surface area contributed by atoms with Crippen LogP contribution in [0.4, 0.5) is 5.69 Å². The number of hydrogen-bond acceptors (Lipinski definition) is 3. The van der Waals surface area contributed by atoms with Crippen molar-refractivity contribution in [1.82, 2.24) is 10.2 Å². The number of carbonyl (C=O) groups excluding carboxylic acids is 1. The smallest absolute Gasteiger partial charge is 0.231 e. The molecule has 2 atom stereocenters. The van der Waals surface area contributed by atoms with Crippen LogP contribution in [0.5, 0.6) is 0 Å². The number of likely N-dealkylation sites (tertiary alicyclic amines) is 1. The molecule has 128 valence electrons. The Kier molecular flexibility index (Phi) is 6.06. The van der Waals surface area contributed by atoms with E-state index in [9.17, 15) is 4.79 Å². The largest absolute Gasteiger partial charge is 0.316 e. The average molecular weight is 338 g/mol. The van der Waals surface area contributed by atoms with Crippen LogP contribution in [-0.4, -0.2) is 50.6 Å². The van der Waals surface area contributed by atoms with Gasteiger partial charge in [0.1, 0.15) is 0 Å². The van der Waals surface area contributed by atoms with Crippen molar-refractivity contribution in [2.24, 2.45) is 11.3 Å². The fraction of sp³-hybridized carbons (Fsp3) is 0.611. The van der Waals surface area contributed by atoms with Gasteiger partial charge in [-0.2, -0.15) is 0 Å². The highest BCUT2D eigenvalue weighted by molar-refractivity contribution is 5.94. The lowest BCUT2D eigenvalue weighted by Crippen LogP contribution is -2.38. The van der Waals surface area contributed by atoms with Gasteiger partial charge >= 0.3 is 0 Å². The van der Waals surface area contributed by atoms with Gasteiger partial charge in [-0.3, -0.25) is 4.79 Å². The molecule has 0 saturated carbocycles. The fourth-order valence-corrected chi connectivity index (χ4v) is 3.77. The Morgan fingerprint density at radius 3 is 2.78 bits per heavy atom. The van der Waals surface area contributed by atoms with Gasteiger partial charge in [-0.15, -0.1) is 12.4 Å². The molecule has 2 heterocycles. The number of benzene rings is 1. The fourth-order valence-electron chi connectivity index (χ4n) is 3.77. The summed E-state index contributed by atoms with van der Waals surface area (Å²) < 4.78 is 0. The van der Waals surface area contributed by atoms with Crippen molar-refractivity contribution in [3.05, 3.63) is 30.3 Å². The van der Waals surface area contributed by atoms with Gasteiger partial charge in [0.25, 0.3) is 0 Å². The van der Waals surface area contributed by atoms with Crippen molar-refractivity contribution in [1.29, 1.82) is 0 Å². The van der Waals surface area contributed by atoms with Crippen molar-refractivity contribution in [3.63, 3.8) is 0 Å². The summed E-state index contributed by atoms with van der Waals surface area (Å²) in [5.74, 6) is 0.395. The first kappa shape index (κ1) is 18.2. The molecule has 0 aliphatic carbocycles. The maximum Gasteiger partial charge on any atom is 0.231 e. The van der Waals surface area contributed by atoms with Gasteiger partial charge in [-0.1, -0.05) is 25.1 Å². The molecular weight excluding hydrogens is 310 g/mol. The van der Waals surface area contributed by atoms with Crippen LogP contribution >= 0.6 is 12.4 Å². The predicted molar refractivity (Wildman–Crippen MR) is 97.2 cm³/mol. The molecule has 1 aromatic carbocycles. The summed E-state index contributed by atoms with van der Waals surface area (Å²) in [5, 5.41) is 3.46. The lowest BCUT2D eigenvalue weighted by molar-refractivity contribution is -0.121. The van der Waals surface area contributed by atoms with Crippen LogP contribution in [0.3, 0.4) is 0 Å². The third-order valence-electron chi connectivity index (χ3n) is 5.16. The van der Waals surface area contributed by atoms with E-state index in [1.165, 1.54) is 6.42 Å². The van der Waals surface area contributed by atoms with Gasteiger partial charge in [-0.05, 0) is 43.5 Å². The van der Waals surface area contributed by atoms with Crippen molar-refractivity contribution >= 4 is 24.0 Å². The lowest BCUT2D eigenvalue weighted by atomic mass is 9.89. The van der Waals surface area contributed by atoms with E-state index in [1.54, 1.807) is 0 Å². The van der Waals surface area contributed by atoms with E-state index < -0.39 is 0 Å². The zero-order valence-electron chi connectivity index (χ0n) is 14.1. The van der Waals surface area contributed by atoms with E-state index in [2.05, 4.69) is 17.1 Å². The van der Waals surface area contributed by atoms with Gasteiger partial charge in [0, 0.05) is 32.4 Å². The van der Waals surface area contributed by atoms with Crippen LogP contribution in [0.2, 0.25) is 0 Å². The summed E-state index contributed by atoms with van der Waals surface area (Å²) in [6.07, 6.45) is 2.23. The summed E-state index contributed by atoms with van der Waals surface area (Å²) in [7, 11) is 1.89. The predicted octanol–water partition coefficient (Wildman–Crippen LogP) is 2.39. The Labute approximate surface area is 145 Å². The van der Waals surface area contributed by atoms with Gasteiger partial charge in [0.05, 0.1) is 5.92 Å². The molecule has 0 bridgehead atoms.